The summed E-state index contributed by atoms with van der Waals surface area (Å²) in [6.07, 6.45) is 5.22. The minimum absolute atomic E-state index is 0.428. The minimum atomic E-state index is -0.428. The molecule has 0 unspecified atom stereocenters. The van der Waals surface area contributed by atoms with Crippen LogP contribution in [-0.2, 0) is 6.54 Å². The first-order chi connectivity index (χ1) is 9.97. The maximum Gasteiger partial charge on any atom is 0.248 e. The Balaban J connectivity index is 2.13. The van der Waals surface area contributed by atoms with Gasteiger partial charge in [0.2, 0.25) is 5.91 Å². The molecule has 1 amide bonds. The number of benzene rings is 1. The number of nitrogen functional groups attached to an aromatic ring is 1. The second-order valence-electron chi connectivity index (χ2n) is 6.54. The van der Waals surface area contributed by atoms with Crippen LogP contribution in [0.1, 0.15) is 55.5 Å². The van der Waals surface area contributed by atoms with Gasteiger partial charge in [-0.05, 0) is 36.5 Å². The number of primary amides is 1. The van der Waals surface area contributed by atoms with E-state index < -0.39 is 5.91 Å². The lowest BCUT2D eigenvalue weighted by atomic mass is 10.1. The molecule has 4 N–H and O–H groups in total. The van der Waals surface area contributed by atoms with E-state index in [-0.39, 0.29) is 0 Å². The molecule has 0 aromatic heterocycles. The third-order valence-corrected chi connectivity index (χ3v) is 4.24. The molecular weight excluding hydrogens is 262 g/mol. The van der Waals surface area contributed by atoms with E-state index in [1.807, 2.05) is 6.07 Å². The standard InChI is InChI=1S/C17H27N3O/c1-12(2)10-20(15-5-3-4-6-15)11-14-8-7-13(17(19)21)9-16(14)18/h7-9,12,15H,3-6,10-11,18H2,1-2H3,(H2,19,21). The normalized spacial score (nSPS) is 16.0. The average molecular weight is 289 g/mol. The summed E-state index contributed by atoms with van der Waals surface area (Å²) in [6, 6.07) is 6.08. The fraction of sp³-hybridized carbons (Fsp3) is 0.588. The van der Waals surface area contributed by atoms with E-state index in [1.165, 1.54) is 25.7 Å². The highest BCUT2D eigenvalue weighted by atomic mass is 16.1. The molecule has 1 aliphatic carbocycles. The lowest BCUT2D eigenvalue weighted by molar-refractivity contribution is 0.100. The number of nitrogens with zero attached hydrogens (tertiary/aromatic N) is 1. The molecule has 116 valence electrons. The molecule has 4 nitrogen and oxygen atoms in total. The van der Waals surface area contributed by atoms with Crippen molar-refractivity contribution in [3.63, 3.8) is 0 Å². The average Bonchev–Trinajstić information content (AvgIpc) is 2.93. The van der Waals surface area contributed by atoms with E-state index in [0.717, 1.165) is 18.7 Å². The summed E-state index contributed by atoms with van der Waals surface area (Å²) < 4.78 is 0. The Labute approximate surface area is 127 Å². The van der Waals surface area contributed by atoms with Crippen LogP contribution in [0.25, 0.3) is 0 Å². The van der Waals surface area contributed by atoms with Gasteiger partial charge in [0, 0.05) is 30.4 Å². The van der Waals surface area contributed by atoms with E-state index in [0.29, 0.717) is 23.2 Å². The molecule has 1 aromatic carbocycles. The van der Waals surface area contributed by atoms with Gasteiger partial charge in [0.15, 0.2) is 0 Å². The van der Waals surface area contributed by atoms with Crippen molar-refractivity contribution in [2.75, 3.05) is 12.3 Å². The molecule has 0 spiro atoms. The van der Waals surface area contributed by atoms with Crippen molar-refractivity contribution in [1.29, 1.82) is 0 Å². The first-order valence-corrected chi connectivity index (χ1v) is 7.89. The Bertz CT molecular complexity index is 493. The summed E-state index contributed by atoms with van der Waals surface area (Å²) in [5.74, 6) is 0.208. The molecular formula is C17H27N3O. The highest BCUT2D eigenvalue weighted by Crippen LogP contribution is 2.27. The molecule has 1 aromatic rings. The highest BCUT2D eigenvalue weighted by Gasteiger charge is 2.23. The van der Waals surface area contributed by atoms with Gasteiger partial charge in [-0.2, -0.15) is 0 Å². The fourth-order valence-electron chi connectivity index (χ4n) is 3.19. The predicted octanol–water partition coefficient (Wildman–Crippen LogP) is 2.77. The topological polar surface area (TPSA) is 72.3 Å². The number of carbonyl (C=O) groups is 1. The number of rotatable bonds is 6. The van der Waals surface area contributed by atoms with Crippen molar-refractivity contribution in [3.8, 4) is 0 Å². The second kappa shape index (κ2) is 6.94. The van der Waals surface area contributed by atoms with E-state index in [2.05, 4.69) is 18.7 Å². The van der Waals surface area contributed by atoms with Crippen LogP contribution >= 0.6 is 0 Å². The second-order valence-corrected chi connectivity index (χ2v) is 6.54. The summed E-state index contributed by atoms with van der Waals surface area (Å²) in [4.78, 5) is 13.7. The molecule has 0 heterocycles. The Morgan fingerprint density at radius 3 is 2.52 bits per heavy atom. The van der Waals surface area contributed by atoms with Gasteiger partial charge in [-0.15, -0.1) is 0 Å². The number of amides is 1. The molecule has 1 aliphatic rings. The van der Waals surface area contributed by atoms with E-state index >= 15 is 0 Å². The SMILES string of the molecule is CC(C)CN(Cc1ccc(C(N)=O)cc1N)C1CCCC1. The largest absolute Gasteiger partial charge is 0.398 e. The van der Waals surface area contributed by atoms with Crippen molar-refractivity contribution in [2.24, 2.45) is 11.7 Å². The van der Waals surface area contributed by atoms with Gasteiger partial charge in [-0.25, -0.2) is 0 Å². The van der Waals surface area contributed by atoms with E-state index in [1.54, 1.807) is 12.1 Å². The van der Waals surface area contributed by atoms with Crippen LogP contribution in [0, 0.1) is 5.92 Å². The summed E-state index contributed by atoms with van der Waals surface area (Å²) in [7, 11) is 0. The molecule has 2 rings (SSSR count). The molecule has 0 atom stereocenters. The van der Waals surface area contributed by atoms with Gasteiger partial charge < -0.3 is 11.5 Å². The number of hydrogen-bond donors (Lipinski definition) is 2. The Morgan fingerprint density at radius 1 is 1.33 bits per heavy atom. The minimum Gasteiger partial charge on any atom is -0.398 e. The summed E-state index contributed by atoms with van der Waals surface area (Å²) in [5, 5.41) is 0. The zero-order valence-electron chi connectivity index (χ0n) is 13.1. The zero-order valence-corrected chi connectivity index (χ0v) is 13.1. The van der Waals surface area contributed by atoms with Crippen LogP contribution in [0.4, 0.5) is 5.69 Å². The predicted molar refractivity (Wildman–Crippen MR) is 86.9 cm³/mol. The van der Waals surface area contributed by atoms with E-state index in [4.69, 9.17) is 11.5 Å². The third-order valence-electron chi connectivity index (χ3n) is 4.24. The molecule has 4 heteroatoms. The highest BCUT2D eigenvalue weighted by molar-refractivity contribution is 5.93. The van der Waals surface area contributed by atoms with Crippen LogP contribution < -0.4 is 11.5 Å². The van der Waals surface area contributed by atoms with Gasteiger partial charge >= 0.3 is 0 Å². The Morgan fingerprint density at radius 2 is 2.00 bits per heavy atom. The smallest absolute Gasteiger partial charge is 0.248 e. The van der Waals surface area contributed by atoms with Crippen LogP contribution in [0.5, 0.6) is 0 Å². The Kier molecular flexibility index (Phi) is 5.23. The van der Waals surface area contributed by atoms with Crippen molar-refractivity contribution in [2.45, 2.75) is 52.1 Å². The van der Waals surface area contributed by atoms with Gasteiger partial charge in [0.25, 0.3) is 0 Å². The monoisotopic (exact) mass is 289 g/mol. The van der Waals surface area contributed by atoms with Crippen molar-refractivity contribution < 1.29 is 4.79 Å². The van der Waals surface area contributed by atoms with Gasteiger partial charge in [0.1, 0.15) is 0 Å². The van der Waals surface area contributed by atoms with Gasteiger partial charge in [-0.1, -0.05) is 32.8 Å². The number of carbonyl (C=O) groups excluding carboxylic acids is 1. The molecule has 0 saturated heterocycles. The number of nitrogens with two attached hydrogens (primary N) is 2. The molecule has 0 aliphatic heterocycles. The van der Waals surface area contributed by atoms with Crippen molar-refractivity contribution in [3.05, 3.63) is 29.3 Å². The summed E-state index contributed by atoms with van der Waals surface area (Å²) in [6.45, 7) is 6.44. The lowest BCUT2D eigenvalue weighted by Crippen LogP contribution is -2.35. The van der Waals surface area contributed by atoms with E-state index in [9.17, 15) is 4.79 Å². The van der Waals surface area contributed by atoms with Gasteiger partial charge in [-0.3, -0.25) is 9.69 Å². The third kappa shape index (κ3) is 4.21. The van der Waals surface area contributed by atoms with Crippen LogP contribution in [0.2, 0.25) is 0 Å². The maximum atomic E-state index is 11.2. The van der Waals surface area contributed by atoms with Crippen LogP contribution in [0.3, 0.4) is 0 Å². The Hall–Kier alpha value is -1.55. The van der Waals surface area contributed by atoms with Crippen LogP contribution in [-0.4, -0.2) is 23.4 Å². The van der Waals surface area contributed by atoms with Gasteiger partial charge in [0.05, 0.1) is 0 Å². The quantitative estimate of drug-likeness (QED) is 0.791. The fourth-order valence-corrected chi connectivity index (χ4v) is 3.19. The molecule has 21 heavy (non-hydrogen) atoms. The van der Waals surface area contributed by atoms with Crippen molar-refractivity contribution in [1.82, 2.24) is 4.90 Å². The summed E-state index contributed by atoms with van der Waals surface area (Å²) >= 11 is 0. The maximum absolute atomic E-state index is 11.2. The van der Waals surface area contributed by atoms with Crippen molar-refractivity contribution >= 4 is 11.6 Å². The first kappa shape index (κ1) is 15.8. The zero-order chi connectivity index (χ0) is 15.4. The summed E-state index contributed by atoms with van der Waals surface area (Å²) in [5.41, 5.74) is 13.6. The molecule has 0 bridgehead atoms. The van der Waals surface area contributed by atoms with Crippen LogP contribution in [0.15, 0.2) is 18.2 Å². The lowest BCUT2D eigenvalue weighted by Gasteiger charge is -2.31. The number of anilines is 1. The first-order valence-electron chi connectivity index (χ1n) is 7.89. The number of hydrogen-bond acceptors (Lipinski definition) is 3. The molecule has 1 fully saturated rings. The molecule has 1 saturated carbocycles. The molecule has 0 radical (unpaired) electrons.